The Kier molecular flexibility index (Phi) is 36.7. The van der Waals surface area contributed by atoms with E-state index in [1.807, 2.05) is 0 Å². The number of allylic oxidation sites excluding steroid dienone is 8. The van der Waals surface area contributed by atoms with Crippen molar-refractivity contribution in [1.29, 1.82) is 0 Å². The van der Waals surface area contributed by atoms with Gasteiger partial charge in [0, 0.05) is 12.8 Å². The number of aliphatic hydroxyl groups is 2. The summed E-state index contributed by atoms with van der Waals surface area (Å²) in [5, 5.41) is 19.1. The van der Waals surface area contributed by atoms with E-state index in [4.69, 9.17) is 18.5 Å². The Morgan fingerprint density at radius 2 is 0.868 bits per heavy atom. The first-order chi connectivity index (χ1) is 25.8. The number of rotatable bonds is 38. The average molecular weight is 771 g/mol. The van der Waals surface area contributed by atoms with Gasteiger partial charge in [-0.15, -0.1) is 0 Å². The van der Waals surface area contributed by atoms with Crippen LogP contribution in [0.2, 0.25) is 0 Å². The smallest absolute Gasteiger partial charge is 0.457 e. The summed E-state index contributed by atoms with van der Waals surface area (Å²) < 4.78 is 32.5. The molecule has 0 saturated carbocycles. The van der Waals surface area contributed by atoms with Crippen molar-refractivity contribution in [2.75, 3.05) is 26.4 Å². The number of hydrogen-bond acceptors (Lipinski definition) is 9. The number of hydrogen-bond donors (Lipinski definition) is 3. The van der Waals surface area contributed by atoms with Crippen LogP contribution in [-0.4, -0.2) is 65.7 Å². The highest BCUT2D eigenvalue weighted by atomic mass is 31.2. The molecule has 0 rings (SSSR count). The molecule has 0 aromatic heterocycles. The van der Waals surface area contributed by atoms with E-state index < -0.39 is 58.4 Å². The quantitative estimate of drug-likeness (QED) is 0.0240. The Morgan fingerprint density at radius 1 is 0.509 bits per heavy atom. The Hall–Kier alpha value is -2.07. The van der Waals surface area contributed by atoms with Gasteiger partial charge >= 0.3 is 19.8 Å². The maximum Gasteiger partial charge on any atom is 0.472 e. The Labute approximate surface area is 322 Å². The van der Waals surface area contributed by atoms with Gasteiger partial charge in [0.25, 0.3) is 0 Å². The summed E-state index contributed by atoms with van der Waals surface area (Å²) in [6.07, 6.45) is 39.4. The van der Waals surface area contributed by atoms with Crippen LogP contribution in [0.5, 0.6) is 0 Å². The summed E-state index contributed by atoms with van der Waals surface area (Å²) in [7, 11) is -4.64. The zero-order valence-electron chi connectivity index (χ0n) is 33.2. The van der Waals surface area contributed by atoms with Gasteiger partial charge in [0.2, 0.25) is 0 Å². The molecule has 0 aromatic carbocycles. The number of aliphatic hydroxyl groups excluding tert-OH is 2. The molecule has 11 heteroatoms. The topological polar surface area (TPSA) is 149 Å². The first-order valence-corrected chi connectivity index (χ1v) is 22.1. The Bertz CT molecular complexity index is 1030. The maximum absolute atomic E-state index is 12.3. The Balaban J connectivity index is 3.97. The molecule has 0 saturated heterocycles. The number of phosphoric ester groups is 1. The van der Waals surface area contributed by atoms with Gasteiger partial charge in [-0.2, -0.15) is 0 Å². The van der Waals surface area contributed by atoms with Crippen molar-refractivity contribution in [1.82, 2.24) is 0 Å². The van der Waals surface area contributed by atoms with Gasteiger partial charge in [-0.3, -0.25) is 18.6 Å². The lowest BCUT2D eigenvalue weighted by molar-refractivity contribution is -0.153. The molecular weight excluding hydrogens is 695 g/mol. The van der Waals surface area contributed by atoms with E-state index in [2.05, 4.69) is 62.5 Å². The number of ether oxygens (including phenoxy) is 2. The van der Waals surface area contributed by atoms with Crippen molar-refractivity contribution in [3.63, 3.8) is 0 Å². The standard InChI is InChI=1S/C42H75O10P/c1-3-5-7-9-11-13-15-17-18-19-20-22-24-26-28-30-32-34-42(46)52-40(36-44)38-50-53(47,48)49-37-39(35-43)51-41(45)33-31-29-27-25-23-21-16-14-12-10-8-6-4-2/h8,10-11,13-14,16-18,39-40,43-44H,3-7,9,12,15,19-38H2,1-2H3,(H,47,48)/b10-8-,13-11-,16-14-,18-17-. The van der Waals surface area contributed by atoms with E-state index in [1.165, 1.54) is 51.4 Å². The fourth-order valence-electron chi connectivity index (χ4n) is 5.30. The van der Waals surface area contributed by atoms with E-state index >= 15 is 0 Å². The molecule has 3 unspecified atom stereocenters. The summed E-state index contributed by atoms with van der Waals surface area (Å²) in [5.74, 6) is -1.04. The molecule has 3 atom stereocenters. The highest BCUT2D eigenvalue weighted by molar-refractivity contribution is 7.47. The molecule has 0 amide bonds. The summed E-state index contributed by atoms with van der Waals surface area (Å²) in [6, 6.07) is 0. The molecule has 0 aliphatic heterocycles. The van der Waals surface area contributed by atoms with Crippen molar-refractivity contribution < 1.29 is 47.8 Å². The monoisotopic (exact) mass is 771 g/mol. The summed E-state index contributed by atoms with van der Waals surface area (Å²) >= 11 is 0. The molecule has 0 bridgehead atoms. The lowest BCUT2D eigenvalue weighted by Gasteiger charge is -2.20. The van der Waals surface area contributed by atoms with Crippen molar-refractivity contribution in [3.8, 4) is 0 Å². The first-order valence-electron chi connectivity index (χ1n) is 20.6. The lowest BCUT2D eigenvalue weighted by Crippen LogP contribution is -2.28. The van der Waals surface area contributed by atoms with Crippen LogP contribution in [0.1, 0.15) is 168 Å². The molecule has 0 radical (unpaired) electrons. The first kappa shape index (κ1) is 50.9. The van der Waals surface area contributed by atoms with Crippen LogP contribution in [0.4, 0.5) is 0 Å². The Morgan fingerprint density at radius 3 is 1.25 bits per heavy atom. The van der Waals surface area contributed by atoms with Crippen LogP contribution in [-0.2, 0) is 32.7 Å². The number of unbranched alkanes of at least 4 members (excludes halogenated alkanes) is 16. The number of phosphoric acid groups is 1. The molecule has 0 heterocycles. The third-order valence-corrected chi connectivity index (χ3v) is 9.45. The fourth-order valence-corrected chi connectivity index (χ4v) is 6.08. The van der Waals surface area contributed by atoms with Gasteiger partial charge in [0.15, 0.2) is 0 Å². The average Bonchev–Trinajstić information content (AvgIpc) is 3.14. The zero-order chi connectivity index (χ0) is 39.1. The van der Waals surface area contributed by atoms with E-state index in [9.17, 15) is 29.3 Å². The van der Waals surface area contributed by atoms with Gasteiger partial charge in [-0.25, -0.2) is 4.57 Å². The molecule has 53 heavy (non-hydrogen) atoms. The highest BCUT2D eigenvalue weighted by Crippen LogP contribution is 2.43. The SMILES string of the molecule is CCC/C=C\C/C=C\CCCCCCCC(=O)OC(CO)COP(=O)(O)OCC(CO)OC(=O)CCCCCCCCC/C=C\C/C=C\CCCCC. The zero-order valence-corrected chi connectivity index (χ0v) is 34.1. The van der Waals surface area contributed by atoms with Gasteiger partial charge < -0.3 is 24.6 Å². The molecule has 0 aromatic rings. The van der Waals surface area contributed by atoms with Crippen molar-refractivity contribution >= 4 is 19.8 Å². The number of esters is 2. The van der Waals surface area contributed by atoms with Crippen LogP contribution < -0.4 is 0 Å². The van der Waals surface area contributed by atoms with Crippen molar-refractivity contribution in [2.24, 2.45) is 0 Å². The highest BCUT2D eigenvalue weighted by Gasteiger charge is 2.27. The molecular formula is C42H75O10P. The third-order valence-electron chi connectivity index (χ3n) is 8.49. The van der Waals surface area contributed by atoms with E-state index in [0.717, 1.165) is 77.0 Å². The lowest BCUT2D eigenvalue weighted by atomic mass is 10.1. The molecule has 0 spiro atoms. The van der Waals surface area contributed by atoms with E-state index in [-0.39, 0.29) is 12.8 Å². The van der Waals surface area contributed by atoms with E-state index in [1.54, 1.807) is 0 Å². The molecule has 0 fully saturated rings. The van der Waals surface area contributed by atoms with Crippen molar-refractivity contribution in [2.45, 2.75) is 180 Å². The van der Waals surface area contributed by atoms with Gasteiger partial charge in [-0.1, -0.05) is 133 Å². The second-order valence-electron chi connectivity index (χ2n) is 13.6. The summed E-state index contributed by atoms with van der Waals surface area (Å²) in [5.41, 5.74) is 0. The molecule has 3 N–H and O–H groups in total. The second-order valence-corrected chi connectivity index (χ2v) is 15.1. The van der Waals surface area contributed by atoms with Crippen molar-refractivity contribution in [3.05, 3.63) is 48.6 Å². The van der Waals surface area contributed by atoms with Crippen LogP contribution in [0.3, 0.4) is 0 Å². The summed E-state index contributed by atoms with van der Waals surface area (Å²) in [6.45, 7) is 2.08. The normalized spacial score (nSPS) is 14.4. The maximum atomic E-state index is 12.3. The molecule has 0 aliphatic carbocycles. The van der Waals surface area contributed by atoms with Crippen LogP contribution in [0.25, 0.3) is 0 Å². The van der Waals surface area contributed by atoms with Crippen LogP contribution >= 0.6 is 7.82 Å². The minimum atomic E-state index is -4.64. The van der Waals surface area contributed by atoms with Crippen LogP contribution in [0, 0.1) is 0 Å². The molecule has 308 valence electrons. The molecule has 0 aliphatic rings. The van der Waals surface area contributed by atoms with Gasteiger partial charge in [0.05, 0.1) is 26.4 Å². The minimum Gasteiger partial charge on any atom is -0.457 e. The number of carbonyl (C=O) groups excluding carboxylic acids is 2. The summed E-state index contributed by atoms with van der Waals surface area (Å²) in [4.78, 5) is 34.4. The fraction of sp³-hybridized carbons (Fsp3) is 0.762. The second kappa shape index (κ2) is 38.2. The predicted octanol–water partition coefficient (Wildman–Crippen LogP) is 10.6. The molecule has 10 nitrogen and oxygen atoms in total. The van der Waals surface area contributed by atoms with Crippen LogP contribution in [0.15, 0.2) is 48.6 Å². The minimum absolute atomic E-state index is 0.174. The van der Waals surface area contributed by atoms with E-state index in [0.29, 0.717) is 12.8 Å². The largest absolute Gasteiger partial charge is 0.472 e. The predicted molar refractivity (Wildman–Crippen MR) is 214 cm³/mol. The third kappa shape index (κ3) is 36.7. The van der Waals surface area contributed by atoms with Gasteiger partial charge in [0.1, 0.15) is 12.2 Å². The van der Waals surface area contributed by atoms with Gasteiger partial charge in [-0.05, 0) is 70.6 Å². The number of carbonyl (C=O) groups is 2.